The van der Waals surface area contributed by atoms with E-state index in [1.165, 1.54) is 5.69 Å². The van der Waals surface area contributed by atoms with Crippen molar-refractivity contribution in [3.63, 3.8) is 0 Å². The zero-order valence-corrected chi connectivity index (χ0v) is 23.5. The number of aromatic nitrogens is 4. The van der Waals surface area contributed by atoms with Gasteiger partial charge in [-0.2, -0.15) is 44.5 Å². The van der Waals surface area contributed by atoms with Crippen LogP contribution in [-0.4, -0.2) is 87.0 Å². The van der Waals surface area contributed by atoms with Crippen molar-refractivity contribution in [3.05, 3.63) is 76.2 Å². The van der Waals surface area contributed by atoms with E-state index in [1.807, 2.05) is 24.3 Å². The van der Waals surface area contributed by atoms with Crippen molar-refractivity contribution in [2.45, 2.75) is 25.4 Å². The minimum absolute atomic E-state index is 0.186. The summed E-state index contributed by atoms with van der Waals surface area (Å²) in [6, 6.07) is 16.2. The van der Waals surface area contributed by atoms with Gasteiger partial charge in [-0.05, 0) is 45.3 Å². The van der Waals surface area contributed by atoms with E-state index in [0.29, 0.717) is 0 Å². The monoisotopic (exact) mass is 669 g/mol. The second kappa shape index (κ2) is 16.5. The van der Waals surface area contributed by atoms with Crippen molar-refractivity contribution in [1.82, 2.24) is 25.1 Å². The molecule has 1 aromatic heterocycles. The number of nitrogens with two attached hydrogens (primary N) is 1. The third-order valence-electron chi connectivity index (χ3n) is 5.98. The fourth-order valence-corrected chi connectivity index (χ4v) is 3.70. The minimum atomic E-state index is -5.08. The van der Waals surface area contributed by atoms with Crippen LogP contribution >= 0.6 is 0 Å². The third kappa shape index (κ3) is 11.6. The summed E-state index contributed by atoms with van der Waals surface area (Å²) in [6.45, 7) is 3.41. The molecule has 1 aliphatic heterocycles. The number of nitrogens with zero attached hydrogens (tertiary/aromatic N) is 5. The van der Waals surface area contributed by atoms with Gasteiger partial charge in [0.25, 0.3) is 6.08 Å². The number of nitrogens with one attached hydrogen (secondary N) is 1. The molecule has 0 unspecified atom stereocenters. The van der Waals surface area contributed by atoms with Gasteiger partial charge in [0, 0.05) is 44.0 Å². The highest BCUT2D eigenvalue weighted by atomic mass is 19.4. The third-order valence-corrected chi connectivity index (χ3v) is 5.98. The number of carbonyl (C=O) groups is 2. The number of aliphatic carboxylic acids is 2. The maximum atomic E-state index is 12.8. The van der Waals surface area contributed by atoms with Gasteiger partial charge in [0.2, 0.25) is 0 Å². The first-order valence-electron chi connectivity index (χ1n) is 12.9. The first-order valence-corrected chi connectivity index (χ1v) is 12.9. The second-order valence-corrected chi connectivity index (χ2v) is 9.23. The summed E-state index contributed by atoms with van der Waals surface area (Å²) in [5, 5.41) is 25.1. The topological polar surface area (TPSA) is 169 Å². The van der Waals surface area contributed by atoms with Crippen molar-refractivity contribution in [3.8, 4) is 11.1 Å². The molecular weight excluding hydrogens is 642 g/mol. The first-order chi connectivity index (χ1) is 21.4. The normalized spacial score (nSPS) is 13.1. The summed E-state index contributed by atoms with van der Waals surface area (Å²) in [6.07, 6.45) is -12.1. The number of carboxylic acids is 2. The number of anilines is 1. The average molecular weight is 670 g/mol. The van der Waals surface area contributed by atoms with Crippen LogP contribution in [0.3, 0.4) is 0 Å². The highest BCUT2D eigenvalue weighted by Gasteiger charge is 2.38. The molecule has 2 heterocycles. The predicted molar refractivity (Wildman–Crippen MR) is 146 cm³/mol. The minimum Gasteiger partial charge on any atom is -0.475 e. The Morgan fingerprint density at radius 3 is 1.85 bits per heavy atom. The Bertz CT molecular complexity index is 1520. The van der Waals surface area contributed by atoms with Crippen molar-refractivity contribution in [2.24, 2.45) is 5.73 Å². The largest absolute Gasteiger partial charge is 0.490 e. The Balaban J connectivity index is 0.000000440. The molecule has 4 rings (SSSR count). The number of hydrogen-bond acceptors (Lipinski definition) is 8. The fourth-order valence-electron chi connectivity index (χ4n) is 3.70. The Kier molecular flexibility index (Phi) is 13.4. The lowest BCUT2D eigenvalue weighted by atomic mass is 10.0. The van der Waals surface area contributed by atoms with Crippen LogP contribution in [-0.2, 0) is 22.7 Å². The average Bonchev–Trinajstić information content (AvgIpc) is 3.34. The van der Waals surface area contributed by atoms with Gasteiger partial charge in [0.05, 0.1) is 13.1 Å². The lowest BCUT2D eigenvalue weighted by molar-refractivity contribution is -0.193. The smallest absolute Gasteiger partial charge is 0.475 e. The maximum Gasteiger partial charge on any atom is 0.490 e. The van der Waals surface area contributed by atoms with E-state index in [2.05, 4.69) is 44.9 Å². The summed E-state index contributed by atoms with van der Waals surface area (Å²) in [5.41, 5.74) is 8.54. The van der Waals surface area contributed by atoms with Crippen LogP contribution in [0.25, 0.3) is 11.1 Å². The van der Waals surface area contributed by atoms with Crippen LogP contribution in [0.15, 0.2) is 65.0 Å². The number of alkyl halides is 6. The van der Waals surface area contributed by atoms with E-state index in [4.69, 9.17) is 25.5 Å². The number of hydrogen-bond donors (Lipinski definition) is 4. The zero-order chi connectivity index (χ0) is 34.7. The van der Waals surface area contributed by atoms with Crippen molar-refractivity contribution < 1.29 is 54.9 Å². The SMILES string of the molecule is NCC(Cn1nnn(Cc2cccc(-c3ccc(N4CCNCC4)cc3)c2)c1=O)=C(F)F.O=C(O)C(F)(F)F.O=C(O)C(F)(F)F. The fraction of sp³-hybridized carbons (Fsp3) is 0.346. The summed E-state index contributed by atoms with van der Waals surface area (Å²) >= 11 is 0. The van der Waals surface area contributed by atoms with E-state index >= 15 is 0 Å². The molecule has 5 N–H and O–H groups in total. The quantitative estimate of drug-likeness (QED) is 0.275. The molecule has 1 fully saturated rings. The molecule has 0 amide bonds. The molecule has 1 aliphatic rings. The standard InChI is InChI=1S/C22H25F2N7O.2C2HF3O2/c23-21(24)19(13-25)15-31-22(32)30(27-28-31)14-16-2-1-3-18(12-16)17-4-6-20(7-5-17)29-10-8-26-9-11-29;2*3-2(4,5)1(6)7/h1-7,12,26H,8-11,13-15,25H2;2*(H,6,7). The predicted octanol–water partition coefficient (Wildman–Crippen LogP) is 2.94. The van der Waals surface area contributed by atoms with Crippen LogP contribution in [0.5, 0.6) is 0 Å². The molecular formula is C26H27F8N7O5. The summed E-state index contributed by atoms with van der Waals surface area (Å²) in [7, 11) is 0. The molecule has 2 aromatic carbocycles. The summed E-state index contributed by atoms with van der Waals surface area (Å²) in [4.78, 5) is 32.6. The van der Waals surface area contributed by atoms with Crippen LogP contribution in [0.4, 0.5) is 40.8 Å². The Morgan fingerprint density at radius 2 is 1.37 bits per heavy atom. The van der Waals surface area contributed by atoms with Crippen LogP contribution in [0, 0.1) is 0 Å². The molecule has 0 atom stereocenters. The van der Waals surface area contributed by atoms with E-state index in [1.54, 1.807) is 0 Å². The number of carboxylic acid groups (broad SMARTS) is 2. The van der Waals surface area contributed by atoms with Gasteiger partial charge in [-0.3, -0.25) is 0 Å². The van der Waals surface area contributed by atoms with Crippen LogP contribution in [0.1, 0.15) is 5.56 Å². The molecule has 0 bridgehead atoms. The Labute approximate surface area is 254 Å². The number of tetrazole rings is 1. The lowest BCUT2D eigenvalue weighted by Crippen LogP contribution is -2.43. The second-order valence-electron chi connectivity index (χ2n) is 9.23. The number of halogens is 8. The molecule has 0 spiro atoms. The van der Waals surface area contributed by atoms with Gasteiger partial charge in [-0.15, -0.1) is 0 Å². The molecule has 46 heavy (non-hydrogen) atoms. The van der Waals surface area contributed by atoms with E-state index in [9.17, 15) is 39.9 Å². The number of rotatable bonds is 7. The Morgan fingerprint density at radius 1 is 0.848 bits per heavy atom. The molecule has 12 nitrogen and oxygen atoms in total. The van der Waals surface area contributed by atoms with E-state index in [0.717, 1.165) is 52.2 Å². The highest BCUT2D eigenvalue weighted by Crippen LogP contribution is 2.24. The van der Waals surface area contributed by atoms with Gasteiger partial charge in [0.1, 0.15) is 0 Å². The van der Waals surface area contributed by atoms with Gasteiger partial charge in [0.15, 0.2) is 0 Å². The summed E-state index contributed by atoms with van der Waals surface area (Å²) < 4.78 is 91.2. The molecule has 252 valence electrons. The van der Waals surface area contributed by atoms with E-state index in [-0.39, 0.29) is 25.2 Å². The lowest BCUT2D eigenvalue weighted by Gasteiger charge is -2.29. The molecule has 0 aliphatic carbocycles. The van der Waals surface area contributed by atoms with Crippen molar-refractivity contribution >= 4 is 17.6 Å². The Hall–Kier alpha value is -4.85. The maximum absolute atomic E-state index is 12.8. The molecule has 1 saturated heterocycles. The van der Waals surface area contributed by atoms with Crippen LogP contribution < -0.4 is 21.6 Å². The van der Waals surface area contributed by atoms with Gasteiger partial charge in [-0.25, -0.2) is 14.4 Å². The number of piperazine rings is 1. The molecule has 20 heteroatoms. The van der Waals surface area contributed by atoms with Crippen molar-refractivity contribution in [1.29, 1.82) is 0 Å². The highest BCUT2D eigenvalue weighted by molar-refractivity contribution is 5.73. The van der Waals surface area contributed by atoms with Crippen LogP contribution in [0.2, 0.25) is 0 Å². The summed E-state index contributed by atoms with van der Waals surface area (Å²) in [5.74, 6) is -5.51. The van der Waals surface area contributed by atoms with Crippen molar-refractivity contribution in [2.75, 3.05) is 37.6 Å². The van der Waals surface area contributed by atoms with Gasteiger partial charge in [-0.1, -0.05) is 30.3 Å². The molecule has 0 saturated carbocycles. The zero-order valence-electron chi connectivity index (χ0n) is 23.5. The number of benzene rings is 2. The van der Waals surface area contributed by atoms with Gasteiger partial charge >= 0.3 is 30.0 Å². The first kappa shape index (κ1) is 37.3. The molecule has 0 radical (unpaired) electrons. The van der Waals surface area contributed by atoms with Gasteiger partial charge < -0.3 is 26.2 Å². The van der Waals surface area contributed by atoms with E-state index < -0.39 is 36.1 Å². The molecule has 3 aromatic rings.